The largest absolute Gasteiger partial charge is 0.260 e. The summed E-state index contributed by atoms with van der Waals surface area (Å²) in [4.78, 5) is 0. The first-order valence-electron chi connectivity index (χ1n) is 10.6. The maximum atomic E-state index is 5.11. The lowest BCUT2D eigenvalue weighted by atomic mass is 9.98. The highest BCUT2D eigenvalue weighted by Crippen LogP contribution is 2.33. The van der Waals surface area contributed by atoms with E-state index in [2.05, 4.69) is 107 Å². The van der Waals surface area contributed by atoms with Crippen molar-refractivity contribution in [3.8, 4) is 22.5 Å². The SMILES string of the molecule is Cc1ccc(Cn2nc(-c3ccc(C)c(C)c3)c(C)c2-c2ccc(C)c(C)c2)cc1. The minimum Gasteiger partial charge on any atom is -0.260 e. The van der Waals surface area contributed by atoms with Crippen molar-refractivity contribution in [1.29, 1.82) is 0 Å². The van der Waals surface area contributed by atoms with Crippen molar-refractivity contribution < 1.29 is 0 Å². The monoisotopic (exact) mass is 394 g/mol. The summed E-state index contributed by atoms with van der Waals surface area (Å²) in [5.41, 5.74) is 13.7. The standard InChI is InChI=1S/C28H30N2/c1-18-7-11-24(12-8-18)17-30-28(26-14-10-20(3)22(5)16-26)23(6)27(29-30)25-13-9-19(2)21(4)15-25/h7-16H,17H2,1-6H3. The lowest BCUT2D eigenvalue weighted by molar-refractivity contribution is 0.696. The summed E-state index contributed by atoms with van der Waals surface area (Å²) in [6.07, 6.45) is 0. The number of rotatable bonds is 4. The second-order valence-corrected chi connectivity index (χ2v) is 8.56. The van der Waals surface area contributed by atoms with Gasteiger partial charge in [-0.1, -0.05) is 54.1 Å². The van der Waals surface area contributed by atoms with Crippen molar-refractivity contribution in [1.82, 2.24) is 9.78 Å². The number of nitrogens with zero attached hydrogens (tertiary/aromatic N) is 2. The van der Waals surface area contributed by atoms with E-state index in [1.54, 1.807) is 0 Å². The zero-order valence-electron chi connectivity index (χ0n) is 18.9. The Hall–Kier alpha value is -3.13. The second-order valence-electron chi connectivity index (χ2n) is 8.56. The van der Waals surface area contributed by atoms with E-state index >= 15 is 0 Å². The molecule has 1 heterocycles. The average Bonchev–Trinajstić information content (AvgIpc) is 3.04. The number of benzene rings is 3. The molecular formula is C28H30N2. The molecule has 0 unspecified atom stereocenters. The Morgan fingerprint density at radius 3 is 1.80 bits per heavy atom. The molecule has 0 fully saturated rings. The van der Waals surface area contributed by atoms with E-state index in [0.717, 1.165) is 12.2 Å². The minimum atomic E-state index is 0.758. The Balaban J connectivity index is 1.88. The molecule has 0 amide bonds. The van der Waals surface area contributed by atoms with Crippen LogP contribution in [-0.4, -0.2) is 9.78 Å². The zero-order valence-corrected chi connectivity index (χ0v) is 18.9. The van der Waals surface area contributed by atoms with Gasteiger partial charge < -0.3 is 0 Å². The maximum Gasteiger partial charge on any atom is 0.0959 e. The molecule has 1 aromatic heterocycles. The van der Waals surface area contributed by atoms with Gasteiger partial charge in [0.25, 0.3) is 0 Å². The van der Waals surface area contributed by atoms with E-state index in [-0.39, 0.29) is 0 Å². The summed E-state index contributed by atoms with van der Waals surface area (Å²) in [7, 11) is 0. The molecule has 0 aliphatic rings. The molecule has 0 saturated carbocycles. The molecule has 0 radical (unpaired) electrons. The first kappa shape index (κ1) is 20.2. The Kier molecular flexibility index (Phi) is 5.34. The van der Waals surface area contributed by atoms with Crippen molar-refractivity contribution in [3.63, 3.8) is 0 Å². The lowest BCUT2D eigenvalue weighted by Gasteiger charge is -2.11. The summed E-state index contributed by atoms with van der Waals surface area (Å²) in [6, 6.07) is 22.1. The Labute approximate surface area is 180 Å². The van der Waals surface area contributed by atoms with Crippen LogP contribution in [0.5, 0.6) is 0 Å². The Bertz CT molecular complexity index is 1210. The van der Waals surface area contributed by atoms with Gasteiger partial charge in [-0.2, -0.15) is 5.10 Å². The van der Waals surface area contributed by atoms with Gasteiger partial charge in [0.15, 0.2) is 0 Å². The van der Waals surface area contributed by atoms with Gasteiger partial charge in [0, 0.05) is 16.7 Å². The van der Waals surface area contributed by atoms with Gasteiger partial charge in [0.2, 0.25) is 0 Å². The van der Waals surface area contributed by atoms with Crippen LogP contribution in [-0.2, 0) is 6.54 Å². The summed E-state index contributed by atoms with van der Waals surface area (Å²) in [6.45, 7) is 13.8. The van der Waals surface area contributed by atoms with E-state index in [4.69, 9.17) is 5.10 Å². The third-order valence-corrected chi connectivity index (χ3v) is 6.20. The van der Waals surface area contributed by atoms with E-state index in [0.29, 0.717) is 0 Å². The van der Waals surface area contributed by atoms with Crippen LogP contribution in [0.1, 0.15) is 38.9 Å². The molecule has 0 aliphatic carbocycles. The van der Waals surface area contributed by atoms with E-state index in [1.165, 1.54) is 55.8 Å². The van der Waals surface area contributed by atoms with Crippen molar-refractivity contribution in [2.75, 3.05) is 0 Å². The number of hydrogen-bond donors (Lipinski definition) is 0. The summed E-state index contributed by atoms with van der Waals surface area (Å²) < 4.78 is 2.18. The fraction of sp³-hybridized carbons (Fsp3) is 0.250. The Morgan fingerprint density at radius 2 is 1.20 bits per heavy atom. The van der Waals surface area contributed by atoms with Crippen molar-refractivity contribution in [2.45, 2.75) is 48.1 Å². The van der Waals surface area contributed by atoms with Gasteiger partial charge in [0.05, 0.1) is 17.9 Å². The average molecular weight is 395 g/mol. The van der Waals surface area contributed by atoms with Crippen molar-refractivity contribution in [3.05, 3.63) is 99.6 Å². The number of hydrogen-bond acceptors (Lipinski definition) is 1. The van der Waals surface area contributed by atoms with Crippen LogP contribution in [0.2, 0.25) is 0 Å². The van der Waals surface area contributed by atoms with Gasteiger partial charge in [-0.15, -0.1) is 0 Å². The fourth-order valence-corrected chi connectivity index (χ4v) is 3.95. The van der Waals surface area contributed by atoms with Crippen LogP contribution in [0.4, 0.5) is 0 Å². The molecule has 0 N–H and O–H groups in total. The quantitative estimate of drug-likeness (QED) is 0.360. The molecule has 0 saturated heterocycles. The van der Waals surface area contributed by atoms with Crippen LogP contribution in [0.15, 0.2) is 60.7 Å². The molecule has 0 bridgehead atoms. The number of aromatic nitrogens is 2. The maximum absolute atomic E-state index is 5.11. The predicted molar refractivity (Wildman–Crippen MR) is 127 cm³/mol. The van der Waals surface area contributed by atoms with Gasteiger partial charge >= 0.3 is 0 Å². The third-order valence-electron chi connectivity index (χ3n) is 6.20. The minimum absolute atomic E-state index is 0.758. The normalized spacial score (nSPS) is 11.1. The van der Waals surface area contributed by atoms with Crippen LogP contribution >= 0.6 is 0 Å². The number of aryl methyl sites for hydroxylation is 5. The predicted octanol–water partition coefficient (Wildman–Crippen LogP) is 7.12. The van der Waals surface area contributed by atoms with E-state index in [9.17, 15) is 0 Å². The molecule has 0 atom stereocenters. The summed E-state index contributed by atoms with van der Waals surface area (Å²) in [5.74, 6) is 0. The van der Waals surface area contributed by atoms with Crippen LogP contribution in [0.25, 0.3) is 22.5 Å². The first-order valence-corrected chi connectivity index (χ1v) is 10.6. The Morgan fingerprint density at radius 1 is 0.633 bits per heavy atom. The highest BCUT2D eigenvalue weighted by molar-refractivity contribution is 5.75. The molecule has 4 aromatic rings. The van der Waals surface area contributed by atoms with Gasteiger partial charge in [-0.3, -0.25) is 4.68 Å². The first-order chi connectivity index (χ1) is 14.3. The molecule has 2 nitrogen and oxygen atoms in total. The summed E-state index contributed by atoms with van der Waals surface area (Å²) in [5, 5.41) is 5.11. The topological polar surface area (TPSA) is 17.8 Å². The molecule has 30 heavy (non-hydrogen) atoms. The fourth-order valence-electron chi connectivity index (χ4n) is 3.95. The summed E-state index contributed by atoms with van der Waals surface area (Å²) >= 11 is 0. The zero-order chi connectivity index (χ0) is 21.4. The third kappa shape index (κ3) is 3.82. The van der Waals surface area contributed by atoms with Gasteiger partial charge in [-0.25, -0.2) is 0 Å². The highest BCUT2D eigenvalue weighted by Gasteiger charge is 2.18. The second kappa shape index (κ2) is 7.95. The molecule has 0 spiro atoms. The van der Waals surface area contributed by atoms with Crippen molar-refractivity contribution >= 4 is 0 Å². The van der Waals surface area contributed by atoms with Gasteiger partial charge in [-0.05, 0) is 81.5 Å². The molecule has 2 heteroatoms. The van der Waals surface area contributed by atoms with Gasteiger partial charge in [0.1, 0.15) is 0 Å². The molecular weight excluding hydrogens is 364 g/mol. The van der Waals surface area contributed by atoms with Crippen molar-refractivity contribution in [2.24, 2.45) is 0 Å². The molecule has 152 valence electrons. The van der Waals surface area contributed by atoms with E-state index < -0.39 is 0 Å². The van der Waals surface area contributed by atoms with Crippen LogP contribution in [0, 0.1) is 41.5 Å². The van der Waals surface area contributed by atoms with Crippen LogP contribution in [0.3, 0.4) is 0 Å². The van der Waals surface area contributed by atoms with Crippen LogP contribution < -0.4 is 0 Å². The smallest absolute Gasteiger partial charge is 0.0959 e. The molecule has 0 aliphatic heterocycles. The highest BCUT2D eigenvalue weighted by atomic mass is 15.3. The molecule has 3 aromatic carbocycles. The van der Waals surface area contributed by atoms with E-state index in [1.807, 2.05) is 0 Å². The molecule has 4 rings (SSSR count). The lowest BCUT2D eigenvalue weighted by Crippen LogP contribution is -2.04.